The van der Waals surface area contributed by atoms with Crippen LogP contribution in [0.3, 0.4) is 0 Å². The summed E-state index contributed by atoms with van der Waals surface area (Å²) >= 11 is 5.95. The molecule has 3 rings (SSSR count). The van der Waals surface area contributed by atoms with Crippen molar-refractivity contribution in [3.8, 4) is 0 Å². The van der Waals surface area contributed by atoms with Crippen molar-refractivity contribution in [2.75, 3.05) is 0 Å². The molecule has 18 heavy (non-hydrogen) atoms. The maximum absolute atomic E-state index is 11.3. The number of carboxylic acid groups (broad SMARTS) is 1. The Morgan fingerprint density at radius 3 is 2.50 bits per heavy atom. The van der Waals surface area contributed by atoms with Gasteiger partial charge in [-0.15, -0.1) is 0 Å². The highest BCUT2D eigenvalue weighted by atomic mass is 35.5. The van der Waals surface area contributed by atoms with E-state index in [1.807, 2.05) is 30.3 Å². The van der Waals surface area contributed by atoms with Gasteiger partial charge in [-0.1, -0.05) is 41.9 Å². The number of halogens is 1. The molecule has 3 aromatic rings. The van der Waals surface area contributed by atoms with Gasteiger partial charge in [-0.3, -0.25) is 0 Å². The first-order chi connectivity index (χ1) is 8.66. The molecule has 0 unspecified atom stereocenters. The number of carbonyl (C=O) groups is 1. The summed E-state index contributed by atoms with van der Waals surface area (Å²) in [5.41, 5.74) is 0.284. The third-order valence-electron chi connectivity index (χ3n) is 3.05. The van der Waals surface area contributed by atoms with E-state index in [-0.39, 0.29) is 5.56 Å². The predicted octanol–water partition coefficient (Wildman–Crippen LogP) is 4.34. The Kier molecular flexibility index (Phi) is 2.46. The number of fused-ring (bicyclic) bond motifs is 3. The normalized spacial score (nSPS) is 10.9. The Bertz CT molecular complexity index is 778. The molecule has 88 valence electrons. The van der Waals surface area contributed by atoms with Crippen LogP contribution < -0.4 is 0 Å². The molecule has 0 spiro atoms. The first-order valence-electron chi connectivity index (χ1n) is 5.51. The summed E-state index contributed by atoms with van der Waals surface area (Å²) in [6, 6.07) is 14.8. The molecule has 2 nitrogen and oxygen atoms in total. The van der Waals surface area contributed by atoms with Crippen LogP contribution >= 0.6 is 11.6 Å². The van der Waals surface area contributed by atoms with Gasteiger partial charge in [-0.25, -0.2) is 4.79 Å². The molecule has 0 aliphatic rings. The molecule has 0 aromatic heterocycles. The van der Waals surface area contributed by atoms with E-state index in [0.717, 1.165) is 16.2 Å². The van der Waals surface area contributed by atoms with Gasteiger partial charge in [0.15, 0.2) is 0 Å². The number of carboxylic acids is 1. The SMILES string of the molecule is O=C(O)c1cc2ccccc2c2ccc(Cl)cc12. The summed E-state index contributed by atoms with van der Waals surface area (Å²) in [6.07, 6.45) is 0. The molecule has 0 bridgehead atoms. The third-order valence-corrected chi connectivity index (χ3v) is 3.29. The topological polar surface area (TPSA) is 37.3 Å². The Morgan fingerprint density at radius 1 is 0.944 bits per heavy atom. The first kappa shape index (κ1) is 11.1. The predicted molar refractivity (Wildman–Crippen MR) is 73.4 cm³/mol. The van der Waals surface area contributed by atoms with E-state index in [0.29, 0.717) is 10.4 Å². The van der Waals surface area contributed by atoms with Crippen molar-refractivity contribution in [3.63, 3.8) is 0 Å². The largest absolute Gasteiger partial charge is 0.478 e. The van der Waals surface area contributed by atoms with Crippen molar-refractivity contribution >= 4 is 39.1 Å². The molecule has 0 fully saturated rings. The lowest BCUT2D eigenvalue weighted by Gasteiger charge is -2.08. The Balaban J connectivity index is 2.58. The molecular weight excluding hydrogens is 248 g/mol. The van der Waals surface area contributed by atoms with Crippen LogP contribution in [-0.2, 0) is 0 Å². The highest BCUT2D eigenvalue weighted by Crippen LogP contribution is 2.30. The van der Waals surface area contributed by atoms with Gasteiger partial charge in [0.05, 0.1) is 5.56 Å². The van der Waals surface area contributed by atoms with E-state index >= 15 is 0 Å². The van der Waals surface area contributed by atoms with Crippen molar-refractivity contribution in [1.29, 1.82) is 0 Å². The zero-order chi connectivity index (χ0) is 12.7. The van der Waals surface area contributed by atoms with Crippen LogP contribution in [0, 0.1) is 0 Å². The maximum Gasteiger partial charge on any atom is 0.336 e. The van der Waals surface area contributed by atoms with Crippen LogP contribution in [0.4, 0.5) is 0 Å². The molecule has 0 heterocycles. The minimum atomic E-state index is -0.937. The highest BCUT2D eigenvalue weighted by molar-refractivity contribution is 6.32. The monoisotopic (exact) mass is 256 g/mol. The van der Waals surface area contributed by atoms with Gasteiger partial charge in [0.25, 0.3) is 0 Å². The van der Waals surface area contributed by atoms with Crippen molar-refractivity contribution in [2.45, 2.75) is 0 Å². The molecule has 0 aliphatic heterocycles. The molecule has 3 heteroatoms. The van der Waals surface area contributed by atoms with Crippen molar-refractivity contribution in [3.05, 3.63) is 59.1 Å². The minimum Gasteiger partial charge on any atom is -0.478 e. The first-order valence-corrected chi connectivity index (χ1v) is 5.89. The number of aromatic carboxylic acids is 1. The Morgan fingerprint density at radius 2 is 1.72 bits per heavy atom. The maximum atomic E-state index is 11.3. The van der Waals surface area contributed by atoms with Crippen LogP contribution in [0.15, 0.2) is 48.5 Å². The van der Waals surface area contributed by atoms with Gasteiger partial charge in [0.2, 0.25) is 0 Å². The molecule has 0 saturated carbocycles. The summed E-state index contributed by atoms with van der Waals surface area (Å²) in [7, 11) is 0. The van der Waals surface area contributed by atoms with Crippen LogP contribution in [0.2, 0.25) is 5.02 Å². The van der Waals surface area contributed by atoms with Crippen molar-refractivity contribution < 1.29 is 9.90 Å². The molecule has 0 radical (unpaired) electrons. The quantitative estimate of drug-likeness (QED) is 0.658. The van der Waals surface area contributed by atoms with E-state index < -0.39 is 5.97 Å². The second kappa shape index (κ2) is 4.00. The zero-order valence-electron chi connectivity index (χ0n) is 9.35. The van der Waals surface area contributed by atoms with E-state index in [2.05, 4.69) is 0 Å². The molecular formula is C15H9ClO2. The van der Waals surface area contributed by atoms with Crippen molar-refractivity contribution in [1.82, 2.24) is 0 Å². The summed E-state index contributed by atoms with van der Waals surface area (Å²) in [6.45, 7) is 0. The van der Waals surface area contributed by atoms with Crippen molar-refractivity contribution in [2.24, 2.45) is 0 Å². The summed E-state index contributed by atoms with van der Waals surface area (Å²) in [5, 5.41) is 13.4. The molecule has 0 saturated heterocycles. The van der Waals surface area contributed by atoms with Gasteiger partial charge < -0.3 is 5.11 Å². The average molecular weight is 257 g/mol. The number of rotatable bonds is 1. The number of hydrogen-bond donors (Lipinski definition) is 1. The fraction of sp³-hybridized carbons (Fsp3) is 0. The number of hydrogen-bond acceptors (Lipinski definition) is 1. The fourth-order valence-corrected chi connectivity index (χ4v) is 2.42. The van der Waals surface area contributed by atoms with E-state index in [9.17, 15) is 9.90 Å². The third kappa shape index (κ3) is 1.62. The molecule has 0 aliphatic carbocycles. The van der Waals surface area contributed by atoms with Crippen LogP contribution in [0.1, 0.15) is 10.4 Å². The second-order valence-corrected chi connectivity index (χ2v) is 4.58. The van der Waals surface area contributed by atoms with Gasteiger partial charge in [0.1, 0.15) is 0 Å². The van der Waals surface area contributed by atoms with E-state index in [4.69, 9.17) is 11.6 Å². The smallest absolute Gasteiger partial charge is 0.336 e. The minimum absolute atomic E-state index is 0.284. The Hall–Kier alpha value is -2.06. The zero-order valence-corrected chi connectivity index (χ0v) is 10.1. The summed E-state index contributed by atoms with van der Waals surface area (Å²) in [4.78, 5) is 11.3. The van der Waals surface area contributed by atoms with E-state index in [1.54, 1.807) is 18.2 Å². The van der Waals surface area contributed by atoms with Crippen LogP contribution in [0.25, 0.3) is 21.5 Å². The molecule has 0 atom stereocenters. The summed E-state index contributed by atoms with van der Waals surface area (Å²) < 4.78 is 0. The lowest BCUT2D eigenvalue weighted by Crippen LogP contribution is -1.98. The lowest BCUT2D eigenvalue weighted by atomic mass is 9.97. The molecule has 1 N–H and O–H groups in total. The second-order valence-electron chi connectivity index (χ2n) is 4.14. The lowest BCUT2D eigenvalue weighted by molar-refractivity contribution is 0.0699. The highest BCUT2D eigenvalue weighted by Gasteiger charge is 2.11. The molecule has 3 aromatic carbocycles. The van der Waals surface area contributed by atoms with Gasteiger partial charge in [0, 0.05) is 5.02 Å². The summed E-state index contributed by atoms with van der Waals surface area (Å²) in [5.74, 6) is -0.937. The van der Waals surface area contributed by atoms with Crippen LogP contribution in [-0.4, -0.2) is 11.1 Å². The Labute approximate surface area is 108 Å². The van der Waals surface area contributed by atoms with Gasteiger partial charge in [-0.2, -0.15) is 0 Å². The van der Waals surface area contributed by atoms with Gasteiger partial charge >= 0.3 is 5.97 Å². The van der Waals surface area contributed by atoms with Crippen LogP contribution in [0.5, 0.6) is 0 Å². The fourth-order valence-electron chi connectivity index (χ4n) is 2.25. The average Bonchev–Trinajstić information content (AvgIpc) is 2.37. The van der Waals surface area contributed by atoms with E-state index in [1.165, 1.54) is 0 Å². The number of benzene rings is 3. The van der Waals surface area contributed by atoms with Gasteiger partial charge in [-0.05, 0) is 39.7 Å². The molecule has 0 amide bonds. The standard InChI is InChI=1S/C15H9ClO2/c16-10-5-6-12-11-4-2-1-3-9(11)7-14(15(17)18)13(12)8-10/h1-8H,(H,17,18).